The summed E-state index contributed by atoms with van der Waals surface area (Å²) in [6.45, 7) is 0. The Morgan fingerprint density at radius 3 is 1.60 bits per heavy atom. The van der Waals surface area contributed by atoms with E-state index in [1.165, 1.54) is 36.8 Å². The molecule has 6 rings (SSSR count). The van der Waals surface area contributed by atoms with Gasteiger partial charge in [-0.05, 0) is 56.7 Å². The number of thiol groups is 2. The highest BCUT2D eigenvalue weighted by Gasteiger charge is 2.67. The Morgan fingerprint density at radius 2 is 1.07 bits per heavy atom. The second kappa shape index (κ2) is 10.7. The lowest BCUT2D eigenvalue weighted by Gasteiger charge is -2.56. The predicted molar refractivity (Wildman–Crippen MR) is 167 cm³/mol. The molecule has 4 heterocycles. The molecule has 4 aliphatic heterocycles. The van der Waals surface area contributed by atoms with Gasteiger partial charge in [0.1, 0.15) is 0 Å². The summed E-state index contributed by atoms with van der Waals surface area (Å²) in [5, 5.41) is 16.9. The highest BCUT2D eigenvalue weighted by Crippen LogP contribution is 2.58. The smallest absolute Gasteiger partial charge is 0.289 e. The number of fused-ring (bicyclic) bond motifs is 3. The fourth-order valence-electron chi connectivity index (χ4n) is 5.38. The zero-order chi connectivity index (χ0) is 30.8. The first kappa shape index (κ1) is 31.1. The Morgan fingerprint density at radius 1 is 0.595 bits per heavy atom. The van der Waals surface area contributed by atoms with E-state index in [4.69, 9.17) is 0 Å². The van der Waals surface area contributed by atoms with Crippen molar-refractivity contribution in [3.8, 4) is 0 Å². The molecule has 4 saturated heterocycles. The molecule has 0 radical (unpaired) electrons. The number of carbonyl (C=O) groups is 4. The van der Waals surface area contributed by atoms with E-state index in [0.29, 0.717) is 6.42 Å². The van der Waals surface area contributed by atoms with Crippen molar-refractivity contribution in [2.75, 3.05) is 28.2 Å². The molecule has 4 fully saturated rings. The second-order valence-corrected chi connectivity index (χ2v) is 14.9. The molecule has 0 aliphatic carbocycles. The van der Waals surface area contributed by atoms with Crippen LogP contribution in [-0.2, 0) is 44.9 Å². The van der Waals surface area contributed by atoms with Gasteiger partial charge in [0, 0.05) is 41.0 Å². The maximum atomic E-state index is 13.1. The molecule has 0 saturated carbocycles. The van der Waals surface area contributed by atoms with E-state index in [1.54, 1.807) is 7.05 Å². The minimum absolute atomic E-state index is 0.157. The Labute approximate surface area is 263 Å². The number of aliphatic hydroxyl groups is 2. The molecule has 2 N–H and O–H groups in total. The van der Waals surface area contributed by atoms with E-state index in [1.807, 2.05) is 48.5 Å². The summed E-state index contributed by atoms with van der Waals surface area (Å²) in [6.07, 6.45) is 2.03. The van der Waals surface area contributed by atoms with Crippen LogP contribution in [0.4, 0.5) is 0 Å². The van der Waals surface area contributed by atoms with Gasteiger partial charge in [-0.25, -0.2) is 0 Å². The molecule has 4 aliphatic rings. The van der Waals surface area contributed by atoms with Gasteiger partial charge in [-0.15, -0.1) is 25.3 Å². The van der Waals surface area contributed by atoms with Gasteiger partial charge in [-0.1, -0.05) is 48.5 Å². The van der Waals surface area contributed by atoms with Gasteiger partial charge in [0.15, 0.2) is 9.74 Å². The van der Waals surface area contributed by atoms with Crippen molar-refractivity contribution >= 4 is 70.5 Å². The van der Waals surface area contributed by atoms with Crippen LogP contribution in [0.5, 0.6) is 0 Å². The topological polar surface area (TPSA) is 122 Å². The third-order valence-corrected chi connectivity index (χ3v) is 13.0. The molecule has 4 amide bonds. The Hall–Kier alpha value is -2.36. The van der Waals surface area contributed by atoms with E-state index >= 15 is 0 Å². The Balaban J connectivity index is 1.21. The van der Waals surface area contributed by atoms with E-state index in [9.17, 15) is 29.4 Å². The number of carbonyl (C=O) groups excluding carboxylic acids is 4. The van der Waals surface area contributed by atoms with E-state index in [2.05, 4.69) is 25.3 Å². The van der Waals surface area contributed by atoms with Crippen LogP contribution in [0.25, 0.3) is 0 Å². The van der Waals surface area contributed by atoms with Crippen molar-refractivity contribution in [2.45, 2.75) is 45.5 Å². The average Bonchev–Trinajstić information content (AvgIpc) is 2.98. The normalized spacial score (nSPS) is 31.4. The van der Waals surface area contributed by atoms with Gasteiger partial charge in [0.05, 0.1) is 0 Å². The lowest BCUT2D eigenvalue weighted by Crippen LogP contribution is -2.76. The minimum atomic E-state index is -2.22. The molecule has 4 atom stereocenters. The fraction of sp³-hybridized carbons (Fsp3) is 0.429. The van der Waals surface area contributed by atoms with Gasteiger partial charge >= 0.3 is 0 Å². The number of piperazine rings is 2. The third-order valence-electron chi connectivity index (χ3n) is 8.42. The highest BCUT2D eigenvalue weighted by molar-refractivity contribution is 8.78. The quantitative estimate of drug-likeness (QED) is 0.202. The van der Waals surface area contributed by atoms with Crippen LogP contribution in [0, 0.1) is 0 Å². The van der Waals surface area contributed by atoms with Crippen LogP contribution in [-0.4, -0.2) is 101 Å². The SMILES string of the molecule is CN1C(=O)[C@@](O)(S)N(C)C(=O)C1(S)Cc1ccc(CCc2ccc(C[C@@]34SSC(O)(C(=O)N3C)N(C)C4=O)cc2)cc1. The first-order chi connectivity index (χ1) is 19.6. The molecule has 10 nitrogen and oxygen atoms in total. The number of likely N-dealkylation sites (N-methyl/N-ethyl adjacent to an activating group) is 4. The Kier molecular flexibility index (Phi) is 7.89. The van der Waals surface area contributed by atoms with Crippen molar-refractivity contribution in [1.82, 2.24) is 19.6 Å². The lowest BCUT2D eigenvalue weighted by atomic mass is 9.96. The van der Waals surface area contributed by atoms with Crippen LogP contribution in [0.2, 0.25) is 0 Å². The molecule has 2 unspecified atom stereocenters. The average molecular weight is 649 g/mol. The summed E-state index contributed by atoms with van der Waals surface area (Å²) < 4.78 is 0. The molecule has 2 bridgehead atoms. The van der Waals surface area contributed by atoms with Gasteiger partial charge < -0.3 is 20.0 Å². The third kappa shape index (κ3) is 4.70. The molecular weight excluding hydrogens is 617 g/mol. The van der Waals surface area contributed by atoms with Crippen LogP contribution in [0.15, 0.2) is 48.5 Å². The second-order valence-electron chi connectivity index (χ2n) is 11.0. The van der Waals surface area contributed by atoms with Crippen LogP contribution >= 0.6 is 46.8 Å². The number of nitrogens with zero attached hydrogens (tertiary/aromatic N) is 4. The monoisotopic (exact) mass is 648 g/mol. The van der Waals surface area contributed by atoms with Gasteiger partial charge in [-0.2, -0.15) is 0 Å². The first-order valence-corrected chi connectivity index (χ1v) is 16.2. The summed E-state index contributed by atoms with van der Waals surface area (Å²) in [4.78, 5) is 53.5. The molecule has 0 spiro atoms. The van der Waals surface area contributed by atoms with Crippen molar-refractivity contribution in [2.24, 2.45) is 0 Å². The maximum Gasteiger partial charge on any atom is 0.289 e. The largest absolute Gasteiger partial charge is 0.355 e. The van der Waals surface area contributed by atoms with Crippen molar-refractivity contribution < 1.29 is 29.4 Å². The standard InChI is InChI=1S/C28H32N4O6S4/c1-29-23(35)27(37,40)31(3)21(33)25(29,39)15-19-11-7-17(8-12-19)5-6-18-9-13-20(14-10-18)16-26-22(34)32(4)28(38,42-41-26)24(36)30(26)2/h7-14,37-40H,5-6,15-16H2,1-4H3/t25?,26-,27+,28?/m0/s1. The summed E-state index contributed by atoms with van der Waals surface area (Å²) in [7, 11) is 8.00. The summed E-state index contributed by atoms with van der Waals surface area (Å²) >= 11 is 8.52. The molecule has 14 heteroatoms. The van der Waals surface area contributed by atoms with Crippen molar-refractivity contribution in [1.29, 1.82) is 0 Å². The van der Waals surface area contributed by atoms with Crippen LogP contribution in [0.1, 0.15) is 22.3 Å². The molecule has 2 aromatic carbocycles. The summed E-state index contributed by atoms with van der Waals surface area (Å²) in [5.41, 5.74) is 3.93. The van der Waals surface area contributed by atoms with Crippen molar-refractivity contribution in [3.63, 3.8) is 0 Å². The van der Waals surface area contributed by atoms with E-state index < -0.39 is 37.6 Å². The molecular formula is C28H32N4O6S4. The fourth-order valence-corrected chi connectivity index (χ4v) is 9.37. The minimum Gasteiger partial charge on any atom is -0.355 e. The van der Waals surface area contributed by atoms with Crippen molar-refractivity contribution in [3.05, 3.63) is 70.8 Å². The zero-order valence-electron chi connectivity index (χ0n) is 23.5. The zero-order valence-corrected chi connectivity index (χ0v) is 26.9. The number of aryl methyl sites for hydroxylation is 2. The maximum absolute atomic E-state index is 13.1. The number of rotatable bonds is 7. The predicted octanol–water partition coefficient (Wildman–Crippen LogP) is 1.36. The highest BCUT2D eigenvalue weighted by atomic mass is 33.1. The molecule has 0 aromatic heterocycles. The number of benzene rings is 2. The number of hydrogen-bond acceptors (Lipinski definition) is 10. The van der Waals surface area contributed by atoms with Gasteiger partial charge in [0.25, 0.3) is 33.7 Å². The summed E-state index contributed by atoms with van der Waals surface area (Å²) in [5.74, 6) is -2.05. The van der Waals surface area contributed by atoms with E-state index in [0.717, 1.165) is 60.6 Å². The van der Waals surface area contributed by atoms with Gasteiger partial charge in [0.2, 0.25) is 0 Å². The first-order valence-electron chi connectivity index (χ1n) is 13.1. The molecule has 2 aromatic rings. The molecule has 224 valence electrons. The van der Waals surface area contributed by atoms with E-state index in [-0.39, 0.29) is 12.3 Å². The van der Waals surface area contributed by atoms with Crippen LogP contribution in [0.3, 0.4) is 0 Å². The van der Waals surface area contributed by atoms with Gasteiger partial charge in [-0.3, -0.25) is 29.0 Å². The Bertz CT molecular complexity index is 1460. The lowest BCUT2D eigenvalue weighted by molar-refractivity contribution is -0.180. The summed E-state index contributed by atoms with van der Waals surface area (Å²) in [6, 6.07) is 15.7. The number of amides is 4. The number of hydrogen-bond donors (Lipinski definition) is 4. The molecule has 42 heavy (non-hydrogen) atoms. The van der Waals surface area contributed by atoms with Crippen LogP contribution < -0.4 is 0 Å².